The van der Waals surface area contributed by atoms with Gasteiger partial charge in [0.15, 0.2) is 5.01 Å². The van der Waals surface area contributed by atoms with E-state index in [0.717, 1.165) is 25.7 Å². The maximum atomic E-state index is 12.5. The fraction of sp³-hybridized carbons (Fsp3) is 0.136. The minimum absolute atomic E-state index is 0.315. The molecule has 0 atom stereocenters. The zero-order valence-corrected chi connectivity index (χ0v) is 19.2. The van der Waals surface area contributed by atoms with Gasteiger partial charge < -0.3 is 16.6 Å². The molecule has 0 aliphatic rings. The second-order valence-electron chi connectivity index (χ2n) is 6.77. The molecule has 0 spiro atoms. The van der Waals surface area contributed by atoms with E-state index in [1.165, 1.54) is 22.7 Å². The van der Waals surface area contributed by atoms with Gasteiger partial charge in [0.05, 0.1) is 15.2 Å². The van der Waals surface area contributed by atoms with Crippen molar-refractivity contribution in [1.82, 2.24) is 9.97 Å². The summed E-state index contributed by atoms with van der Waals surface area (Å²) in [7, 11) is 0. The highest BCUT2D eigenvalue weighted by atomic mass is 32.1. The molecule has 2 aromatic carbocycles. The average molecular weight is 484 g/mol. The number of carboxylic acid groups (broad SMARTS) is 1. The number of hydrogen-bond donors (Lipinski definition) is 3. The summed E-state index contributed by atoms with van der Waals surface area (Å²) in [6, 6.07) is 14.4. The average Bonchev–Trinajstić information content (AvgIpc) is 3.43. The van der Waals surface area contributed by atoms with Crippen molar-refractivity contribution in [3.63, 3.8) is 0 Å². The minimum Gasteiger partial charge on any atom is -0.480 e. The first-order valence-corrected chi connectivity index (χ1v) is 11.4. The fourth-order valence-electron chi connectivity index (χ4n) is 2.83. The topological polar surface area (TPSA) is 152 Å². The van der Waals surface area contributed by atoms with E-state index < -0.39 is 24.3 Å². The van der Waals surface area contributed by atoms with Gasteiger partial charge in [0.2, 0.25) is 0 Å². The summed E-state index contributed by atoms with van der Waals surface area (Å²) in [6.07, 6.45) is 0. The van der Waals surface area contributed by atoms with Crippen LogP contribution in [0.15, 0.2) is 53.9 Å². The number of primary amides is 1. The number of fused-ring (bicyclic) bond motifs is 1. The number of carboxylic acids is 1. The van der Waals surface area contributed by atoms with Crippen molar-refractivity contribution in [1.29, 1.82) is 0 Å². The molecule has 0 aliphatic carbocycles. The fourth-order valence-corrected chi connectivity index (χ4v) is 4.25. The van der Waals surface area contributed by atoms with E-state index in [1.54, 1.807) is 30.5 Å². The van der Waals surface area contributed by atoms with Gasteiger partial charge in [-0.3, -0.25) is 19.3 Å². The van der Waals surface area contributed by atoms with E-state index in [1.807, 2.05) is 30.3 Å². The molecule has 0 saturated heterocycles. The molecule has 11 heteroatoms. The Hall–Kier alpha value is -3.67. The first-order valence-electron chi connectivity index (χ1n) is 9.68. The van der Waals surface area contributed by atoms with Crippen molar-refractivity contribution < 1.29 is 19.5 Å². The second kappa shape index (κ2) is 10.8. The van der Waals surface area contributed by atoms with Gasteiger partial charge in [0.25, 0.3) is 11.8 Å². The third-order valence-electron chi connectivity index (χ3n) is 4.34. The third kappa shape index (κ3) is 6.19. The summed E-state index contributed by atoms with van der Waals surface area (Å²) in [4.78, 5) is 43.7. The Bertz CT molecular complexity index is 1270. The maximum absolute atomic E-state index is 12.5. The number of aryl methyl sites for hydroxylation is 1. The highest BCUT2D eigenvalue weighted by Gasteiger charge is 2.22. The lowest BCUT2D eigenvalue weighted by atomic mass is 10.1. The van der Waals surface area contributed by atoms with Crippen LogP contribution < -0.4 is 16.4 Å². The van der Waals surface area contributed by atoms with Crippen LogP contribution in [0.4, 0.5) is 5.82 Å². The van der Waals surface area contributed by atoms with Gasteiger partial charge in [-0.15, -0.1) is 22.7 Å². The Labute approximate surface area is 197 Å². The van der Waals surface area contributed by atoms with Crippen LogP contribution in [0.25, 0.3) is 10.2 Å². The number of thiazole rings is 2. The molecule has 0 aliphatic heterocycles. The third-order valence-corrected chi connectivity index (χ3v) is 6.15. The first kappa shape index (κ1) is 24.0. The summed E-state index contributed by atoms with van der Waals surface area (Å²) in [5.41, 5.74) is 12.7. The number of anilines is 1. The van der Waals surface area contributed by atoms with Crippen molar-refractivity contribution in [2.75, 3.05) is 11.4 Å². The number of aromatic nitrogens is 2. The molecular weight excluding hydrogens is 462 g/mol. The molecule has 170 valence electrons. The van der Waals surface area contributed by atoms with Gasteiger partial charge >= 0.3 is 5.97 Å². The molecule has 0 fully saturated rings. The second-order valence-corrected chi connectivity index (χ2v) is 8.86. The smallest absolute Gasteiger partial charge is 0.323 e. The van der Waals surface area contributed by atoms with Crippen LogP contribution in [0.3, 0.4) is 0 Å². The van der Waals surface area contributed by atoms with Gasteiger partial charge in [0.1, 0.15) is 12.4 Å². The number of nitrogens with zero attached hydrogens (tertiary/aromatic N) is 3. The molecular formula is C22H21N5O4S2. The molecule has 9 nitrogen and oxygen atoms in total. The van der Waals surface area contributed by atoms with Gasteiger partial charge in [-0.25, -0.2) is 9.97 Å². The number of nitrogens with two attached hydrogens (primary N) is 2. The SMILES string of the molecule is Cc1nc(N(CC(=O)O)C(=O)c2cccc(CN)c2)cs1.NC(=O)c1nc2ccccc2s1. The number of aliphatic carboxylic acids is 1. The predicted octanol–water partition coefficient (Wildman–Crippen LogP) is 3.04. The Balaban J connectivity index is 0.000000215. The van der Waals surface area contributed by atoms with E-state index in [4.69, 9.17) is 16.6 Å². The van der Waals surface area contributed by atoms with Crippen LogP contribution in [-0.4, -0.2) is 39.4 Å². The molecule has 5 N–H and O–H groups in total. The zero-order valence-electron chi connectivity index (χ0n) is 17.6. The zero-order chi connectivity index (χ0) is 24.0. The largest absolute Gasteiger partial charge is 0.480 e. The predicted molar refractivity (Wildman–Crippen MR) is 129 cm³/mol. The van der Waals surface area contributed by atoms with Crippen molar-refractivity contribution >= 4 is 56.5 Å². The van der Waals surface area contributed by atoms with E-state index >= 15 is 0 Å². The van der Waals surface area contributed by atoms with Crippen molar-refractivity contribution in [2.45, 2.75) is 13.5 Å². The van der Waals surface area contributed by atoms with Crippen LogP contribution in [0.2, 0.25) is 0 Å². The quantitative estimate of drug-likeness (QED) is 0.381. The van der Waals surface area contributed by atoms with Gasteiger partial charge in [-0.2, -0.15) is 0 Å². The molecule has 33 heavy (non-hydrogen) atoms. The molecule has 0 bridgehead atoms. The number of amides is 2. The number of carbonyl (C=O) groups excluding carboxylic acids is 2. The lowest BCUT2D eigenvalue weighted by Crippen LogP contribution is -2.36. The molecule has 2 heterocycles. The summed E-state index contributed by atoms with van der Waals surface area (Å²) in [5.74, 6) is -1.61. The number of hydrogen-bond acceptors (Lipinski definition) is 8. The van der Waals surface area contributed by atoms with E-state index in [-0.39, 0.29) is 0 Å². The van der Waals surface area contributed by atoms with E-state index in [0.29, 0.717) is 22.9 Å². The van der Waals surface area contributed by atoms with Crippen LogP contribution in [0, 0.1) is 6.92 Å². The minimum atomic E-state index is -1.09. The Morgan fingerprint density at radius 1 is 1.09 bits per heavy atom. The molecule has 4 aromatic rings. The molecule has 2 amide bonds. The Morgan fingerprint density at radius 3 is 2.45 bits per heavy atom. The van der Waals surface area contributed by atoms with Crippen LogP contribution >= 0.6 is 22.7 Å². The molecule has 2 aromatic heterocycles. The lowest BCUT2D eigenvalue weighted by molar-refractivity contribution is -0.135. The summed E-state index contributed by atoms with van der Waals surface area (Å²) < 4.78 is 0.992. The highest BCUT2D eigenvalue weighted by Crippen LogP contribution is 2.21. The number of rotatable bonds is 6. The normalized spacial score (nSPS) is 10.4. The van der Waals surface area contributed by atoms with Crippen LogP contribution in [-0.2, 0) is 11.3 Å². The first-order chi connectivity index (χ1) is 15.8. The van der Waals surface area contributed by atoms with Crippen LogP contribution in [0.5, 0.6) is 0 Å². The standard InChI is InChI=1S/C14H15N3O3S.C8H6N2OS/c1-9-16-12(8-21-9)17(7-13(18)19)14(20)11-4-2-3-10(5-11)6-15;9-7(11)8-10-5-3-1-2-4-6(5)12-8/h2-5,8H,6-7,15H2,1H3,(H,18,19);1-4H,(H2,9,11). The van der Waals surface area contributed by atoms with E-state index in [9.17, 15) is 14.4 Å². The van der Waals surface area contributed by atoms with Crippen molar-refractivity contribution in [3.05, 3.63) is 75.1 Å². The molecule has 0 saturated carbocycles. The molecule has 4 rings (SSSR count). The highest BCUT2D eigenvalue weighted by molar-refractivity contribution is 7.20. The molecule has 0 unspecified atom stereocenters. The van der Waals surface area contributed by atoms with Gasteiger partial charge in [-0.05, 0) is 36.8 Å². The number of carbonyl (C=O) groups is 3. The van der Waals surface area contributed by atoms with E-state index in [2.05, 4.69) is 9.97 Å². The van der Waals surface area contributed by atoms with Gasteiger partial charge in [-0.1, -0.05) is 24.3 Å². The Kier molecular flexibility index (Phi) is 7.83. The summed E-state index contributed by atoms with van der Waals surface area (Å²) in [5, 5.41) is 11.8. The van der Waals surface area contributed by atoms with Crippen molar-refractivity contribution in [3.8, 4) is 0 Å². The summed E-state index contributed by atoms with van der Waals surface area (Å²) >= 11 is 2.68. The van der Waals surface area contributed by atoms with Crippen LogP contribution in [0.1, 0.15) is 30.7 Å². The van der Waals surface area contributed by atoms with Gasteiger partial charge in [0, 0.05) is 17.5 Å². The Morgan fingerprint density at radius 2 is 1.85 bits per heavy atom. The summed E-state index contributed by atoms with van der Waals surface area (Å²) in [6.45, 7) is 1.68. The lowest BCUT2D eigenvalue weighted by Gasteiger charge is -2.18. The maximum Gasteiger partial charge on any atom is 0.323 e. The van der Waals surface area contributed by atoms with Crippen molar-refractivity contribution in [2.24, 2.45) is 11.5 Å². The molecule has 0 radical (unpaired) electrons. The number of benzene rings is 2. The monoisotopic (exact) mass is 483 g/mol. The number of para-hydroxylation sites is 1.